The number of nitrogens with one attached hydrogen (secondary N) is 2. The van der Waals surface area contributed by atoms with Gasteiger partial charge >= 0.3 is 11.7 Å². The van der Waals surface area contributed by atoms with E-state index in [1.54, 1.807) is 6.92 Å². The maximum absolute atomic E-state index is 12.6. The molecule has 1 fully saturated rings. The van der Waals surface area contributed by atoms with Crippen molar-refractivity contribution in [3.05, 3.63) is 63.6 Å². The van der Waals surface area contributed by atoms with E-state index in [1.165, 1.54) is 24.3 Å². The van der Waals surface area contributed by atoms with Gasteiger partial charge in [-0.25, -0.2) is 14.5 Å². The normalized spacial score (nSPS) is 17.4. The second kappa shape index (κ2) is 13.0. The lowest BCUT2D eigenvalue weighted by atomic mass is 10.0. The van der Waals surface area contributed by atoms with Gasteiger partial charge in [0.05, 0.1) is 21.8 Å². The van der Waals surface area contributed by atoms with E-state index in [4.69, 9.17) is 5.26 Å². The Kier molecular flexibility index (Phi) is 9.23. The zero-order valence-electron chi connectivity index (χ0n) is 25.7. The lowest BCUT2D eigenvalue weighted by molar-refractivity contribution is -0.253. The summed E-state index contributed by atoms with van der Waals surface area (Å²) in [7, 11) is -2.72. The molecule has 2 unspecified atom stereocenters. The van der Waals surface area contributed by atoms with Crippen LogP contribution < -0.4 is 15.9 Å². The number of fused-ring (bicyclic) bond motifs is 1. The number of carbonyl (C=O) groups is 1. The Morgan fingerprint density at radius 3 is 2.53 bits per heavy atom. The first kappa shape index (κ1) is 33.4. The van der Waals surface area contributed by atoms with E-state index in [0.29, 0.717) is 24.2 Å². The minimum Gasteiger partial charge on any atom is -0.505 e. The molecule has 6 N–H and O–H groups in total. The highest BCUT2D eigenvalue weighted by atomic mass is 32.2. The third-order valence-electron chi connectivity index (χ3n) is 7.81. The lowest BCUT2D eigenvalue weighted by Crippen LogP contribution is -2.55. The van der Waals surface area contributed by atoms with Crippen LogP contribution in [0, 0.1) is 6.92 Å². The highest BCUT2D eigenvalue weighted by Crippen LogP contribution is 2.44. The molecule has 4 aromatic rings. The second-order valence-corrected chi connectivity index (χ2v) is 12.7. The smallest absolute Gasteiger partial charge is 0.351 e. The zero-order chi connectivity index (χ0) is 34.2. The average molecular weight is 669 g/mol. The Bertz CT molecular complexity index is 2070. The third kappa shape index (κ3) is 7.21. The van der Waals surface area contributed by atoms with Crippen LogP contribution in [-0.4, -0.2) is 86.5 Å². The predicted octanol–water partition coefficient (Wildman–Crippen LogP) is 3.95. The molecule has 5 rings (SSSR count). The maximum Gasteiger partial charge on any atom is 0.351 e. The van der Waals surface area contributed by atoms with E-state index in [9.17, 15) is 32.8 Å². The molecule has 17 nitrogen and oxygen atoms in total. The standard InChI is InChI=1S/C29H32N8O9S/c1-14-5-18-9-21(47(43,44)45)10-22(30-27-31-28(33-29(41)32-27)37-12-15(2)36(4)11-16(37)3)23(18)25(38)24(14)35-34-20-7-17(13-46-42)6-19(8-20)26(39)40/h5-10,15-16,38,42H,11-13H2,1-4H3,(H,39,40)(H,43,44,45)(H2,30,31,32,33,41). The highest BCUT2D eigenvalue weighted by molar-refractivity contribution is 7.85. The lowest BCUT2D eigenvalue weighted by Gasteiger charge is -2.42. The number of aromatic hydroxyl groups is 1. The minimum absolute atomic E-state index is 0.0297. The zero-order valence-corrected chi connectivity index (χ0v) is 26.5. The largest absolute Gasteiger partial charge is 0.505 e. The molecule has 0 spiro atoms. The number of likely N-dealkylation sites (N-methyl/N-ethyl adjacent to an activating group) is 1. The van der Waals surface area contributed by atoms with Crippen LogP contribution in [0.25, 0.3) is 10.8 Å². The summed E-state index contributed by atoms with van der Waals surface area (Å²) >= 11 is 0. The van der Waals surface area contributed by atoms with Crippen LogP contribution in [0.5, 0.6) is 5.75 Å². The van der Waals surface area contributed by atoms with E-state index in [2.05, 4.69) is 40.3 Å². The number of carboxylic acids is 1. The van der Waals surface area contributed by atoms with Crippen LogP contribution in [-0.2, 0) is 21.6 Å². The number of phenols is 1. The molecule has 2 heterocycles. The summed E-state index contributed by atoms with van der Waals surface area (Å²) < 4.78 is 34.3. The average Bonchev–Trinajstić information content (AvgIpc) is 2.97. The van der Waals surface area contributed by atoms with E-state index in [1.807, 2.05) is 25.8 Å². The Morgan fingerprint density at radius 2 is 1.85 bits per heavy atom. The van der Waals surface area contributed by atoms with Crippen LogP contribution in [0.2, 0.25) is 0 Å². The van der Waals surface area contributed by atoms with E-state index >= 15 is 0 Å². The molecule has 0 amide bonds. The third-order valence-corrected chi connectivity index (χ3v) is 8.65. The molecule has 3 aromatic carbocycles. The van der Waals surface area contributed by atoms with Crippen molar-refractivity contribution in [1.29, 1.82) is 0 Å². The van der Waals surface area contributed by atoms with Gasteiger partial charge in [-0.05, 0) is 80.7 Å². The molecule has 1 aromatic heterocycles. The summed E-state index contributed by atoms with van der Waals surface area (Å²) in [6, 6.07) is 7.78. The van der Waals surface area contributed by atoms with Crippen molar-refractivity contribution < 1.29 is 38.1 Å². The molecule has 248 valence electrons. The second-order valence-electron chi connectivity index (χ2n) is 11.3. The van der Waals surface area contributed by atoms with Crippen LogP contribution in [0.1, 0.15) is 35.3 Å². The van der Waals surface area contributed by atoms with Crippen LogP contribution in [0.4, 0.5) is 29.0 Å². The molecule has 0 radical (unpaired) electrons. The van der Waals surface area contributed by atoms with E-state index in [0.717, 1.165) is 12.1 Å². The Labute approximate surface area is 267 Å². The van der Waals surface area contributed by atoms with Crippen molar-refractivity contribution in [3.8, 4) is 5.75 Å². The van der Waals surface area contributed by atoms with Gasteiger partial charge < -0.3 is 20.4 Å². The molecule has 1 aliphatic heterocycles. The number of aromatic amines is 1. The summed E-state index contributed by atoms with van der Waals surface area (Å²) in [6.45, 7) is 6.51. The fraction of sp³-hybridized carbons (Fsp3) is 0.310. The van der Waals surface area contributed by atoms with Gasteiger partial charge in [0.25, 0.3) is 10.1 Å². The minimum atomic E-state index is -4.72. The predicted molar refractivity (Wildman–Crippen MR) is 170 cm³/mol. The number of piperazine rings is 1. The Balaban J connectivity index is 1.62. The molecule has 1 saturated heterocycles. The molecular formula is C29H32N8O9S. The van der Waals surface area contributed by atoms with Crippen molar-refractivity contribution in [2.75, 3.05) is 30.4 Å². The summed E-state index contributed by atoms with van der Waals surface area (Å²) in [6.07, 6.45) is 0. The van der Waals surface area contributed by atoms with Crippen LogP contribution in [0.15, 0.2) is 56.3 Å². The van der Waals surface area contributed by atoms with Crippen molar-refractivity contribution in [2.24, 2.45) is 10.2 Å². The summed E-state index contributed by atoms with van der Waals surface area (Å²) in [5.41, 5.74) is -0.247. The van der Waals surface area contributed by atoms with Crippen molar-refractivity contribution in [2.45, 2.75) is 44.4 Å². The van der Waals surface area contributed by atoms with Gasteiger partial charge in [0.15, 0.2) is 5.75 Å². The topological polar surface area (TPSA) is 243 Å². The maximum atomic E-state index is 12.6. The molecule has 1 aliphatic rings. The van der Waals surface area contributed by atoms with Gasteiger partial charge in [0.1, 0.15) is 12.3 Å². The number of nitrogens with zero attached hydrogens (tertiary/aromatic N) is 6. The first-order valence-electron chi connectivity index (χ1n) is 14.2. The number of aryl methyl sites for hydroxylation is 1. The van der Waals surface area contributed by atoms with Gasteiger partial charge in [-0.2, -0.15) is 23.5 Å². The quantitative estimate of drug-likeness (QED) is 0.0640. The Hall–Kier alpha value is -5.01. The van der Waals surface area contributed by atoms with Gasteiger partial charge in [0.2, 0.25) is 11.9 Å². The SMILES string of the molecule is Cc1cc2cc(S(=O)(=O)O)cc(Nc3nc(N4CC(C)N(C)CC4C)nc(=O)[nH]3)c2c(O)c1N=Nc1cc(COO)cc(C(=O)O)c1. The van der Waals surface area contributed by atoms with Crippen molar-refractivity contribution >= 4 is 55.8 Å². The fourth-order valence-electron chi connectivity index (χ4n) is 5.38. The number of phenolic OH excluding ortho intramolecular Hbond substituents is 1. The van der Waals surface area contributed by atoms with Crippen molar-refractivity contribution in [3.63, 3.8) is 0 Å². The number of azo groups is 1. The van der Waals surface area contributed by atoms with Crippen molar-refractivity contribution in [1.82, 2.24) is 19.9 Å². The molecule has 18 heteroatoms. The number of hydrogen-bond acceptors (Lipinski definition) is 14. The number of H-pyrrole nitrogens is 1. The summed E-state index contributed by atoms with van der Waals surface area (Å²) in [5.74, 6) is -1.67. The number of aromatic nitrogens is 3. The first-order chi connectivity index (χ1) is 22.1. The highest BCUT2D eigenvalue weighted by Gasteiger charge is 2.29. The van der Waals surface area contributed by atoms with Gasteiger partial charge in [-0.3, -0.25) is 19.7 Å². The van der Waals surface area contributed by atoms with E-state index < -0.39 is 32.4 Å². The number of aromatic carboxylic acids is 1. The molecule has 0 bridgehead atoms. The van der Waals surface area contributed by atoms with Gasteiger partial charge in [0, 0.05) is 30.6 Å². The number of anilines is 3. The van der Waals surface area contributed by atoms with Crippen LogP contribution in [0.3, 0.4) is 0 Å². The molecule has 0 aliphatic carbocycles. The Morgan fingerprint density at radius 1 is 1.11 bits per heavy atom. The molecular weight excluding hydrogens is 636 g/mol. The molecule has 47 heavy (non-hydrogen) atoms. The van der Waals surface area contributed by atoms with E-state index in [-0.39, 0.29) is 64.0 Å². The number of rotatable bonds is 9. The van der Waals surface area contributed by atoms with Gasteiger partial charge in [-0.15, -0.1) is 5.11 Å². The monoisotopic (exact) mass is 668 g/mol. The molecule has 2 atom stereocenters. The fourth-order valence-corrected chi connectivity index (χ4v) is 5.93. The van der Waals surface area contributed by atoms with Gasteiger partial charge in [-0.1, -0.05) is 0 Å². The van der Waals surface area contributed by atoms with Crippen LogP contribution >= 0.6 is 0 Å². The number of hydrogen-bond donors (Lipinski definition) is 6. The summed E-state index contributed by atoms with van der Waals surface area (Å²) in [5, 5.41) is 41.1. The molecule has 0 saturated carbocycles. The summed E-state index contributed by atoms with van der Waals surface area (Å²) in [4.78, 5) is 42.9. The number of benzene rings is 3. The number of carboxylic acid groups (broad SMARTS) is 1. The first-order valence-corrected chi connectivity index (χ1v) is 15.6.